The van der Waals surface area contributed by atoms with E-state index in [9.17, 15) is 38.5 Å². The maximum Gasteiger partial charge on any atom is 0.305 e. The molecule has 3 N–H and O–H groups in total. The first kappa shape index (κ1) is 52.5. The van der Waals surface area contributed by atoms with Crippen LogP contribution in [0.2, 0.25) is 0 Å². The van der Waals surface area contributed by atoms with Gasteiger partial charge in [0, 0.05) is 43.5 Å². The molecule has 0 spiro atoms. The molecule has 3 heterocycles. The quantitative estimate of drug-likeness (QED) is 0.0462. The van der Waals surface area contributed by atoms with Crippen molar-refractivity contribution in [2.24, 2.45) is 0 Å². The van der Waals surface area contributed by atoms with Crippen molar-refractivity contribution in [1.82, 2.24) is 0 Å². The topological polar surface area (TPSA) is 167 Å². The molecule has 0 aliphatic carbocycles. The summed E-state index contributed by atoms with van der Waals surface area (Å²) in [6.45, 7) is 3.52. The third kappa shape index (κ3) is 15.1. The summed E-state index contributed by atoms with van der Waals surface area (Å²) in [7, 11) is 2.68. The van der Waals surface area contributed by atoms with Crippen molar-refractivity contribution in [3.05, 3.63) is 142 Å². The number of fused-ring (bicyclic) bond motifs is 2. The van der Waals surface area contributed by atoms with E-state index in [0.29, 0.717) is 46.9 Å². The summed E-state index contributed by atoms with van der Waals surface area (Å²) in [5, 5.41) is 33.2. The molecule has 6 aromatic rings. The lowest BCUT2D eigenvalue weighted by Crippen LogP contribution is -2.23. The number of halogens is 2. The largest absolute Gasteiger partial charge is 0.490 e. The van der Waals surface area contributed by atoms with Crippen LogP contribution in [-0.4, -0.2) is 90.7 Å². The van der Waals surface area contributed by atoms with E-state index in [2.05, 4.69) is 4.74 Å². The van der Waals surface area contributed by atoms with Crippen LogP contribution >= 0.6 is 22.7 Å². The summed E-state index contributed by atoms with van der Waals surface area (Å²) in [5.74, 6) is -1.41. The van der Waals surface area contributed by atoms with E-state index < -0.39 is 24.1 Å². The molecular formula is C53H56F2O12S2. The third-order valence-electron chi connectivity index (χ3n) is 11.0. The van der Waals surface area contributed by atoms with Gasteiger partial charge < -0.3 is 43.7 Å². The zero-order valence-electron chi connectivity index (χ0n) is 38.7. The zero-order chi connectivity index (χ0) is 49.5. The van der Waals surface area contributed by atoms with E-state index in [4.69, 9.17) is 23.7 Å². The number of carbonyl (C=O) groups excluding carboxylic acids is 3. The number of aliphatic hydroxyl groups excluding tert-OH is 3. The number of carbonyl (C=O) groups is 3. The second-order valence-corrected chi connectivity index (χ2v) is 18.7. The number of benzene rings is 4. The van der Waals surface area contributed by atoms with E-state index in [0.717, 1.165) is 31.3 Å². The Morgan fingerprint density at radius 3 is 1.91 bits per heavy atom. The summed E-state index contributed by atoms with van der Waals surface area (Å²) < 4.78 is 60.9. The van der Waals surface area contributed by atoms with Crippen LogP contribution in [0.15, 0.2) is 109 Å². The fourth-order valence-electron chi connectivity index (χ4n) is 7.51. The highest BCUT2D eigenvalue weighted by atomic mass is 32.1. The lowest BCUT2D eigenvalue weighted by atomic mass is 10.0. The highest BCUT2D eigenvalue weighted by Crippen LogP contribution is 2.38. The summed E-state index contributed by atoms with van der Waals surface area (Å²) in [5.41, 5.74) is 1.52. The highest BCUT2D eigenvalue weighted by molar-refractivity contribution is 7.21. The molecule has 1 fully saturated rings. The fraction of sp³-hybridized carbons (Fsp3) is 0.340. The number of thiophene rings is 2. The Morgan fingerprint density at radius 1 is 0.725 bits per heavy atom. The smallest absolute Gasteiger partial charge is 0.305 e. The van der Waals surface area contributed by atoms with Crippen LogP contribution in [0.4, 0.5) is 8.78 Å². The molecule has 69 heavy (non-hydrogen) atoms. The van der Waals surface area contributed by atoms with Gasteiger partial charge in [-0.15, -0.1) is 22.7 Å². The van der Waals surface area contributed by atoms with E-state index in [1.807, 2.05) is 74.5 Å². The minimum atomic E-state index is -1.14. The number of Topliss-reactive ketones (excluding diaryl/α,β-unsaturated/α-hetero) is 1. The van der Waals surface area contributed by atoms with Gasteiger partial charge in [-0.2, -0.15) is 0 Å². The Bertz CT molecular complexity index is 2690. The Kier molecular flexibility index (Phi) is 19.1. The summed E-state index contributed by atoms with van der Waals surface area (Å²) in [4.78, 5) is 37.1. The Balaban J connectivity index is 0.000000228. The summed E-state index contributed by atoms with van der Waals surface area (Å²) in [6, 6.07) is 26.6. The monoisotopic (exact) mass is 986 g/mol. The van der Waals surface area contributed by atoms with Gasteiger partial charge in [-0.05, 0) is 106 Å². The first-order chi connectivity index (χ1) is 33.1. The number of ether oxygens (including phenoxy) is 6. The average molecular weight is 987 g/mol. The van der Waals surface area contributed by atoms with E-state index >= 15 is 0 Å². The van der Waals surface area contributed by atoms with Crippen molar-refractivity contribution in [2.75, 3.05) is 27.4 Å². The fourth-order valence-corrected chi connectivity index (χ4v) is 9.79. The molecular weight excluding hydrogens is 931 g/mol. The van der Waals surface area contributed by atoms with Gasteiger partial charge in [0.05, 0.1) is 37.4 Å². The number of rotatable bonds is 21. The van der Waals surface area contributed by atoms with Crippen molar-refractivity contribution in [2.45, 2.75) is 88.7 Å². The number of aliphatic hydroxyl groups is 3. The van der Waals surface area contributed by atoms with E-state index in [1.54, 1.807) is 6.08 Å². The molecule has 4 aromatic carbocycles. The van der Waals surface area contributed by atoms with Gasteiger partial charge in [0.2, 0.25) is 5.78 Å². The number of esters is 2. The van der Waals surface area contributed by atoms with Crippen molar-refractivity contribution in [3.8, 4) is 11.5 Å². The molecule has 1 aliphatic rings. The summed E-state index contributed by atoms with van der Waals surface area (Å²) in [6.07, 6.45) is 5.68. The van der Waals surface area contributed by atoms with Crippen LogP contribution in [0, 0.1) is 11.6 Å². The molecule has 0 amide bonds. The molecule has 12 nitrogen and oxygen atoms in total. The van der Waals surface area contributed by atoms with Gasteiger partial charge in [0.25, 0.3) is 0 Å². The zero-order valence-corrected chi connectivity index (χ0v) is 40.3. The van der Waals surface area contributed by atoms with E-state index in [1.165, 1.54) is 91.5 Å². The van der Waals surface area contributed by atoms with Gasteiger partial charge in [-0.3, -0.25) is 14.4 Å². The molecule has 1 aliphatic heterocycles. The van der Waals surface area contributed by atoms with Gasteiger partial charge in [0.15, 0.2) is 12.4 Å². The lowest BCUT2D eigenvalue weighted by Gasteiger charge is -2.16. The number of ketones is 1. The number of hydrogen-bond acceptors (Lipinski definition) is 14. The van der Waals surface area contributed by atoms with Crippen LogP contribution in [0.1, 0.15) is 84.2 Å². The third-order valence-corrected chi connectivity index (χ3v) is 13.5. The molecule has 0 saturated carbocycles. The van der Waals surface area contributed by atoms with E-state index in [-0.39, 0.29) is 67.6 Å². The Hall–Kier alpha value is -5.85. The maximum absolute atomic E-state index is 13.2. The molecule has 366 valence electrons. The first-order valence-electron chi connectivity index (χ1n) is 22.4. The molecule has 0 radical (unpaired) electrons. The highest BCUT2D eigenvalue weighted by Gasteiger charge is 2.39. The molecule has 7 rings (SSSR count). The second kappa shape index (κ2) is 25.1. The Labute approximate surface area is 407 Å². The van der Waals surface area contributed by atoms with Crippen molar-refractivity contribution >= 4 is 72.7 Å². The minimum Gasteiger partial charge on any atom is -0.490 e. The maximum atomic E-state index is 13.2. The van der Waals surface area contributed by atoms with Crippen molar-refractivity contribution in [1.29, 1.82) is 0 Å². The van der Waals surface area contributed by atoms with Crippen LogP contribution in [0.25, 0.3) is 32.3 Å². The predicted molar refractivity (Wildman–Crippen MR) is 262 cm³/mol. The van der Waals surface area contributed by atoms with Gasteiger partial charge in [-0.1, -0.05) is 60.7 Å². The molecule has 1 saturated heterocycles. The Morgan fingerprint density at radius 2 is 1.29 bits per heavy atom. The van der Waals surface area contributed by atoms with Gasteiger partial charge >= 0.3 is 11.9 Å². The lowest BCUT2D eigenvalue weighted by molar-refractivity contribution is -0.144. The standard InChI is InChI=1S/C28H29FO6S.C25H27FO6S/c1-28(2)34-23(8-6-10-26(31)32-3)24(35-28)16-15-21-20-7-4-5-9-25(20)36-27(21)22(30)17-33-19-13-11-18(29)12-14-19;1-31-24(30)8-4-6-20(27)21(28)14-13-19-18-5-2-3-7-23(18)33-25(19)22(29)15-32-17-11-9-16(26)10-12-17/h4-5,7,9,11-16,23-24H,6,8,10,17H2,1-3H3;2-3,5,7,9-14,20-22,27-29H,4,6,8,15H2,1H3/b16-15+;14-13+/t23-,24+;20-,21+,22-/m00/s1. The number of hydrogen-bond donors (Lipinski definition) is 3. The van der Waals surface area contributed by atoms with Gasteiger partial charge in [-0.25, -0.2) is 8.78 Å². The minimum absolute atomic E-state index is 0.0298. The predicted octanol–water partition coefficient (Wildman–Crippen LogP) is 10.4. The van der Waals surface area contributed by atoms with Crippen LogP contribution < -0.4 is 9.47 Å². The van der Waals surface area contributed by atoms with Crippen LogP contribution in [0.3, 0.4) is 0 Å². The molecule has 2 aromatic heterocycles. The molecule has 16 heteroatoms. The normalized spacial score (nSPS) is 16.8. The SMILES string of the molecule is COC(=O)CCC[C@@H]1OC(C)(C)O[C@@H]1/C=C/c1c(C(=O)COc2ccc(F)cc2)sc2ccccc12.COC(=O)CCC[C@H](O)[C@H](O)/C=C/c1c([C@@H](O)COc2ccc(F)cc2)sc2ccccc12. The number of methoxy groups -OCH3 is 2. The second-order valence-electron chi connectivity index (χ2n) is 16.5. The summed E-state index contributed by atoms with van der Waals surface area (Å²) >= 11 is 2.82. The van der Waals surface area contributed by atoms with Crippen LogP contribution in [0.5, 0.6) is 11.5 Å². The van der Waals surface area contributed by atoms with Crippen molar-refractivity contribution < 1.29 is 66.9 Å². The van der Waals surface area contributed by atoms with Crippen LogP contribution in [-0.2, 0) is 28.5 Å². The first-order valence-corrected chi connectivity index (χ1v) is 24.0. The molecule has 0 unspecified atom stereocenters. The van der Waals surface area contributed by atoms with Crippen molar-refractivity contribution in [3.63, 3.8) is 0 Å². The van der Waals surface area contributed by atoms with Gasteiger partial charge in [0.1, 0.15) is 41.9 Å². The molecule has 0 bridgehead atoms. The molecule has 5 atom stereocenters. The average Bonchev–Trinajstić information content (AvgIpc) is 4.01.